The van der Waals surface area contributed by atoms with Gasteiger partial charge in [-0.2, -0.15) is 0 Å². The molecule has 1 amide bonds. The van der Waals surface area contributed by atoms with Gasteiger partial charge in [-0.25, -0.2) is 0 Å². The Kier molecular flexibility index (Phi) is 9.23. The Hall–Kier alpha value is -2.12. The third-order valence-electron chi connectivity index (χ3n) is 4.41. The molecule has 0 saturated carbocycles. The maximum atomic E-state index is 12.0. The molecule has 3 N–H and O–H groups in total. The first-order valence-corrected chi connectivity index (χ1v) is 9.23. The minimum Gasteiger partial charge on any atom is -0.489 e. The van der Waals surface area contributed by atoms with E-state index < -0.39 is 6.10 Å². The zero-order valence-corrected chi connectivity index (χ0v) is 16.5. The molecule has 2 unspecified atom stereocenters. The summed E-state index contributed by atoms with van der Waals surface area (Å²) in [7, 11) is 0. The summed E-state index contributed by atoms with van der Waals surface area (Å²) in [6, 6.07) is 17.3. The molecular weight excluding hydrogens is 380 g/mol. The molecule has 2 aromatic rings. The number of halogens is 1. The van der Waals surface area contributed by atoms with Crippen molar-refractivity contribution in [1.29, 1.82) is 0 Å². The average Bonchev–Trinajstić information content (AvgIpc) is 2.72. The standard InChI is InChI=1S/C21H26N2O4.ClH/c24-20(13-23-21(25)12-18-15-26-10-9-22-18)17-7-4-8-19(11-17)27-14-16-5-2-1-3-6-16;/h1-8,11,18,20,22,24H,9-10,12-15H2,(H,23,25);1H. The fourth-order valence-corrected chi connectivity index (χ4v) is 2.93. The van der Waals surface area contributed by atoms with E-state index in [0.29, 0.717) is 37.6 Å². The smallest absolute Gasteiger partial charge is 0.221 e. The molecule has 1 heterocycles. The molecule has 1 aliphatic rings. The molecular formula is C21H27ClN2O4. The van der Waals surface area contributed by atoms with Crippen molar-refractivity contribution in [3.63, 3.8) is 0 Å². The van der Waals surface area contributed by atoms with Crippen LogP contribution in [0.3, 0.4) is 0 Å². The molecule has 2 atom stereocenters. The molecule has 7 heteroatoms. The summed E-state index contributed by atoms with van der Waals surface area (Å²) in [5, 5.41) is 16.4. The van der Waals surface area contributed by atoms with E-state index in [-0.39, 0.29) is 30.9 Å². The van der Waals surface area contributed by atoms with Gasteiger partial charge in [-0.15, -0.1) is 12.4 Å². The molecule has 6 nitrogen and oxygen atoms in total. The molecule has 152 valence electrons. The van der Waals surface area contributed by atoms with Crippen LogP contribution in [0.4, 0.5) is 0 Å². The largest absolute Gasteiger partial charge is 0.489 e. The summed E-state index contributed by atoms with van der Waals surface area (Å²) in [6.07, 6.45) is -0.447. The number of nitrogens with one attached hydrogen (secondary N) is 2. The first-order valence-electron chi connectivity index (χ1n) is 9.23. The number of carbonyl (C=O) groups is 1. The minimum atomic E-state index is -0.787. The van der Waals surface area contributed by atoms with E-state index in [1.54, 1.807) is 6.07 Å². The van der Waals surface area contributed by atoms with Gasteiger partial charge in [0, 0.05) is 25.6 Å². The molecule has 28 heavy (non-hydrogen) atoms. The van der Waals surface area contributed by atoms with Crippen molar-refractivity contribution < 1.29 is 19.4 Å². The SMILES string of the molecule is Cl.O=C(CC1COCCN1)NCC(O)c1cccc(OCc2ccccc2)c1. The quantitative estimate of drug-likeness (QED) is 0.626. The summed E-state index contributed by atoms with van der Waals surface area (Å²) in [5.41, 5.74) is 1.79. The zero-order valence-electron chi connectivity index (χ0n) is 15.7. The van der Waals surface area contributed by atoms with Crippen LogP contribution in [0.15, 0.2) is 54.6 Å². The number of amides is 1. The minimum absolute atomic E-state index is 0. The molecule has 0 aliphatic carbocycles. The van der Waals surface area contributed by atoms with Gasteiger partial charge < -0.3 is 25.2 Å². The highest BCUT2D eigenvalue weighted by Gasteiger charge is 2.17. The van der Waals surface area contributed by atoms with E-state index in [2.05, 4.69) is 10.6 Å². The molecule has 0 radical (unpaired) electrons. The number of benzene rings is 2. The van der Waals surface area contributed by atoms with Gasteiger partial charge >= 0.3 is 0 Å². The van der Waals surface area contributed by atoms with Gasteiger partial charge in [0.25, 0.3) is 0 Å². The van der Waals surface area contributed by atoms with Gasteiger partial charge in [-0.3, -0.25) is 4.79 Å². The van der Waals surface area contributed by atoms with Gasteiger partial charge in [0.2, 0.25) is 5.91 Å². The zero-order chi connectivity index (χ0) is 18.9. The van der Waals surface area contributed by atoms with Crippen molar-refractivity contribution in [1.82, 2.24) is 10.6 Å². The molecule has 1 saturated heterocycles. The van der Waals surface area contributed by atoms with Crippen molar-refractivity contribution in [3.05, 3.63) is 65.7 Å². The highest BCUT2D eigenvalue weighted by Crippen LogP contribution is 2.20. The lowest BCUT2D eigenvalue weighted by Gasteiger charge is -2.23. The number of rotatable bonds is 8. The summed E-state index contributed by atoms with van der Waals surface area (Å²) in [4.78, 5) is 12.0. The molecule has 3 rings (SSSR count). The highest BCUT2D eigenvalue weighted by atomic mass is 35.5. The maximum Gasteiger partial charge on any atom is 0.221 e. The van der Waals surface area contributed by atoms with E-state index in [1.807, 2.05) is 48.5 Å². The number of hydrogen-bond acceptors (Lipinski definition) is 5. The number of hydrogen-bond donors (Lipinski definition) is 3. The first-order chi connectivity index (χ1) is 13.2. The molecule has 0 aromatic heterocycles. The fourth-order valence-electron chi connectivity index (χ4n) is 2.93. The highest BCUT2D eigenvalue weighted by molar-refractivity contribution is 5.85. The van der Waals surface area contributed by atoms with Crippen molar-refractivity contribution in [2.45, 2.75) is 25.2 Å². The van der Waals surface area contributed by atoms with E-state index in [9.17, 15) is 9.90 Å². The van der Waals surface area contributed by atoms with Crippen LogP contribution in [0.1, 0.15) is 23.7 Å². The van der Waals surface area contributed by atoms with Crippen LogP contribution in [-0.2, 0) is 16.1 Å². The van der Waals surface area contributed by atoms with Crippen LogP contribution >= 0.6 is 12.4 Å². The Labute approximate surface area is 171 Å². The van der Waals surface area contributed by atoms with Gasteiger partial charge in [0.1, 0.15) is 12.4 Å². The predicted octanol–water partition coefficient (Wildman–Crippen LogP) is 2.22. The Morgan fingerprint density at radius 1 is 1.25 bits per heavy atom. The van der Waals surface area contributed by atoms with Crippen LogP contribution < -0.4 is 15.4 Å². The number of ether oxygens (including phenoxy) is 2. The van der Waals surface area contributed by atoms with Crippen LogP contribution in [-0.4, -0.2) is 43.4 Å². The van der Waals surface area contributed by atoms with E-state index in [0.717, 1.165) is 12.1 Å². The average molecular weight is 407 g/mol. The summed E-state index contributed by atoms with van der Waals surface area (Å²) in [6.45, 7) is 2.61. The molecule has 1 fully saturated rings. The lowest BCUT2D eigenvalue weighted by molar-refractivity contribution is -0.122. The third-order valence-corrected chi connectivity index (χ3v) is 4.41. The number of aliphatic hydroxyl groups excluding tert-OH is 1. The van der Waals surface area contributed by atoms with Crippen molar-refractivity contribution in [3.8, 4) is 5.75 Å². The van der Waals surface area contributed by atoms with Gasteiger partial charge in [0.05, 0.1) is 19.3 Å². The third kappa shape index (κ3) is 7.13. The van der Waals surface area contributed by atoms with Crippen molar-refractivity contribution in [2.24, 2.45) is 0 Å². The number of aliphatic hydroxyl groups is 1. The second-order valence-electron chi connectivity index (χ2n) is 6.60. The lowest BCUT2D eigenvalue weighted by Crippen LogP contribution is -2.44. The van der Waals surface area contributed by atoms with E-state index in [4.69, 9.17) is 9.47 Å². The van der Waals surface area contributed by atoms with E-state index in [1.165, 1.54) is 0 Å². The monoisotopic (exact) mass is 406 g/mol. The number of carbonyl (C=O) groups excluding carboxylic acids is 1. The van der Waals surface area contributed by atoms with Crippen molar-refractivity contribution in [2.75, 3.05) is 26.3 Å². The first kappa shape index (κ1) is 22.2. The lowest BCUT2D eigenvalue weighted by atomic mass is 10.1. The number of morpholine rings is 1. The van der Waals surface area contributed by atoms with Crippen molar-refractivity contribution >= 4 is 18.3 Å². The van der Waals surface area contributed by atoms with Crippen LogP contribution in [0, 0.1) is 0 Å². The molecule has 2 aromatic carbocycles. The molecule has 1 aliphatic heterocycles. The Morgan fingerprint density at radius 2 is 2.07 bits per heavy atom. The molecule has 0 spiro atoms. The Bertz CT molecular complexity index is 723. The Balaban J connectivity index is 0.00000280. The fraction of sp³-hybridized carbons (Fsp3) is 0.381. The molecule has 0 bridgehead atoms. The van der Waals surface area contributed by atoms with Gasteiger partial charge in [0.15, 0.2) is 0 Å². The predicted molar refractivity (Wildman–Crippen MR) is 110 cm³/mol. The Morgan fingerprint density at radius 3 is 2.82 bits per heavy atom. The second kappa shape index (κ2) is 11.7. The maximum absolute atomic E-state index is 12.0. The van der Waals surface area contributed by atoms with Crippen LogP contribution in [0.5, 0.6) is 5.75 Å². The van der Waals surface area contributed by atoms with E-state index >= 15 is 0 Å². The second-order valence-corrected chi connectivity index (χ2v) is 6.60. The van der Waals surface area contributed by atoms with Crippen LogP contribution in [0.25, 0.3) is 0 Å². The normalized spacial score (nSPS) is 17.2. The van der Waals surface area contributed by atoms with Gasteiger partial charge in [-0.05, 0) is 23.3 Å². The summed E-state index contributed by atoms with van der Waals surface area (Å²) < 4.78 is 11.1. The van der Waals surface area contributed by atoms with Crippen LogP contribution in [0.2, 0.25) is 0 Å². The van der Waals surface area contributed by atoms with Gasteiger partial charge in [-0.1, -0.05) is 42.5 Å². The summed E-state index contributed by atoms with van der Waals surface area (Å²) >= 11 is 0. The summed E-state index contributed by atoms with van der Waals surface area (Å²) in [5.74, 6) is 0.582. The topological polar surface area (TPSA) is 79.8 Å².